The van der Waals surface area contributed by atoms with E-state index < -0.39 is 23.6 Å². The number of anilines is 1. The Balaban J connectivity index is 2.81. The van der Waals surface area contributed by atoms with Crippen LogP contribution < -0.4 is 10.6 Å². The van der Waals surface area contributed by atoms with Gasteiger partial charge in [-0.1, -0.05) is 37.8 Å². The average molecular weight is 395 g/mol. The van der Waals surface area contributed by atoms with Gasteiger partial charge in [0, 0.05) is 12.1 Å². The Morgan fingerprint density at radius 1 is 1.19 bits per heavy atom. The molecule has 26 heavy (non-hydrogen) atoms. The van der Waals surface area contributed by atoms with Crippen LogP contribution in [0.4, 0.5) is 18.9 Å². The molecule has 0 heterocycles. The van der Waals surface area contributed by atoms with Gasteiger partial charge in [0.25, 0.3) is 11.8 Å². The predicted molar refractivity (Wildman–Crippen MR) is 93.2 cm³/mol. The Bertz CT molecular complexity index is 649. The molecule has 0 aliphatic rings. The fourth-order valence-corrected chi connectivity index (χ4v) is 2.16. The van der Waals surface area contributed by atoms with Gasteiger partial charge in [0.2, 0.25) is 5.60 Å². The molecule has 1 aromatic rings. The van der Waals surface area contributed by atoms with Crippen molar-refractivity contribution in [1.82, 2.24) is 5.32 Å². The predicted octanol–water partition coefficient (Wildman–Crippen LogP) is 3.90. The Hall–Kier alpha value is -1.80. The van der Waals surface area contributed by atoms with E-state index in [0.717, 1.165) is 31.7 Å². The number of rotatable bonds is 8. The lowest BCUT2D eigenvalue weighted by Gasteiger charge is -2.25. The molecule has 0 saturated carbocycles. The van der Waals surface area contributed by atoms with Crippen LogP contribution in [0.2, 0.25) is 5.02 Å². The van der Waals surface area contributed by atoms with E-state index >= 15 is 0 Å². The summed E-state index contributed by atoms with van der Waals surface area (Å²) in [4.78, 5) is 23.8. The van der Waals surface area contributed by atoms with E-state index in [1.165, 1.54) is 12.1 Å². The summed E-state index contributed by atoms with van der Waals surface area (Å²) in [5, 5.41) is 13.9. The molecule has 1 rings (SSSR count). The standard InChI is InChI=1S/C17H22ClF3N2O3/c1-3-4-5-6-9-22-14(24)11-7-8-12(18)13(10-11)23-15(25)16(2,26)17(19,20)21/h7-8,10,26H,3-6,9H2,1-2H3,(H,22,24)(H,23,25)/t16-/m1/s1. The smallest absolute Gasteiger partial charge is 0.373 e. The fraction of sp³-hybridized carbons (Fsp3) is 0.529. The highest BCUT2D eigenvalue weighted by atomic mass is 35.5. The highest BCUT2D eigenvalue weighted by molar-refractivity contribution is 6.34. The van der Waals surface area contributed by atoms with E-state index in [0.29, 0.717) is 13.5 Å². The van der Waals surface area contributed by atoms with E-state index in [1.807, 2.05) is 5.32 Å². The fourth-order valence-electron chi connectivity index (χ4n) is 1.99. The molecule has 0 unspecified atom stereocenters. The molecule has 0 aromatic heterocycles. The van der Waals surface area contributed by atoms with Crippen molar-refractivity contribution in [2.45, 2.75) is 51.3 Å². The molecule has 3 N–H and O–H groups in total. The van der Waals surface area contributed by atoms with Crippen LogP contribution in [-0.4, -0.2) is 35.2 Å². The van der Waals surface area contributed by atoms with E-state index in [1.54, 1.807) is 0 Å². The first-order valence-corrected chi connectivity index (χ1v) is 8.56. The zero-order valence-corrected chi connectivity index (χ0v) is 15.3. The molecular formula is C17H22ClF3N2O3. The largest absolute Gasteiger partial charge is 0.426 e. The topological polar surface area (TPSA) is 78.4 Å². The third-order valence-corrected chi connectivity index (χ3v) is 4.12. The van der Waals surface area contributed by atoms with E-state index in [2.05, 4.69) is 12.2 Å². The van der Waals surface area contributed by atoms with Crippen LogP contribution in [0.15, 0.2) is 18.2 Å². The van der Waals surface area contributed by atoms with Gasteiger partial charge < -0.3 is 15.7 Å². The monoisotopic (exact) mass is 394 g/mol. The van der Waals surface area contributed by atoms with Gasteiger partial charge in [-0.2, -0.15) is 13.2 Å². The Labute approximate surface area is 154 Å². The number of aliphatic hydroxyl groups is 1. The lowest BCUT2D eigenvalue weighted by atomic mass is 10.1. The summed E-state index contributed by atoms with van der Waals surface area (Å²) in [6, 6.07) is 3.83. The molecule has 1 atom stereocenters. The number of alkyl halides is 3. The van der Waals surface area contributed by atoms with Crippen molar-refractivity contribution in [2.24, 2.45) is 0 Å². The molecular weight excluding hydrogens is 373 g/mol. The maximum atomic E-state index is 12.7. The van der Waals surface area contributed by atoms with Gasteiger partial charge >= 0.3 is 6.18 Å². The number of hydrogen-bond donors (Lipinski definition) is 3. The number of carbonyl (C=O) groups excluding carboxylic acids is 2. The number of unbranched alkanes of at least 4 members (excludes halogenated alkanes) is 3. The first-order valence-electron chi connectivity index (χ1n) is 8.19. The van der Waals surface area contributed by atoms with Crippen molar-refractivity contribution in [3.63, 3.8) is 0 Å². The van der Waals surface area contributed by atoms with Crippen molar-refractivity contribution in [3.8, 4) is 0 Å². The summed E-state index contributed by atoms with van der Waals surface area (Å²) in [6.45, 7) is 2.87. The average Bonchev–Trinajstić information content (AvgIpc) is 2.55. The van der Waals surface area contributed by atoms with Gasteiger partial charge in [-0.3, -0.25) is 9.59 Å². The highest BCUT2D eigenvalue weighted by Gasteiger charge is 2.55. The van der Waals surface area contributed by atoms with Gasteiger partial charge in [0.15, 0.2) is 0 Å². The van der Waals surface area contributed by atoms with Gasteiger partial charge in [-0.25, -0.2) is 0 Å². The molecule has 0 aliphatic carbocycles. The summed E-state index contributed by atoms with van der Waals surface area (Å²) in [5.41, 5.74) is -3.65. The van der Waals surface area contributed by atoms with Crippen LogP contribution in [-0.2, 0) is 4.79 Å². The van der Waals surface area contributed by atoms with Gasteiger partial charge in [0.05, 0.1) is 10.7 Å². The molecule has 0 spiro atoms. The molecule has 9 heteroatoms. The Morgan fingerprint density at radius 3 is 2.42 bits per heavy atom. The van der Waals surface area contributed by atoms with Crippen molar-refractivity contribution < 1.29 is 27.9 Å². The van der Waals surface area contributed by atoms with Gasteiger partial charge in [-0.15, -0.1) is 0 Å². The maximum absolute atomic E-state index is 12.7. The highest BCUT2D eigenvalue weighted by Crippen LogP contribution is 2.32. The first-order chi connectivity index (χ1) is 12.0. The SMILES string of the molecule is CCCCCCNC(=O)c1ccc(Cl)c(NC(=O)[C@@](C)(O)C(F)(F)F)c1. The maximum Gasteiger partial charge on any atom is 0.426 e. The van der Waals surface area contributed by atoms with Crippen molar-refractivity contribution in [2.75, 3.05) is 11.9 Å². The molecule has 0 saturated heterocycles. The molecule has 0 bridgehead atoms. The summed E-state index contributed by atoms with van der Waals surface area (Å²) in [6.07, 6.45) is -1.24. The van der Waals surface area contributed by atoms with E-state index in [9.17, 15) is 27.9 Å². The number of carbonyl (C=O) groups is 2. The zero-order valence-electron chi connectivity index (χ0n) is 14.5. The van der Waals surface area contributed by atoms with Crippen LogP contribution in [0.25, 0.3) is 0 Å². The summed E-state index contributed by atoms with van der Waals surface area (Å²) >= 11 is 5.86. The second-order valence-corrected chi connectivity index (χ2v) is 6.44. The summed E-state index contributed by atoms with van der Waals surface area (Å²) in [5.74, 6) is -2.12. The molecule has 5 nitrogen and oxygen atoms in total. The second kappa shape index (κ2) is 9.23. The number of amides is 2. The number of halogens is 4. The lowest BCUT2D eigenvalue weighted by Crippen LogP contribution is -2.52. The minimum atomic E-state index is -5.16. The van der Waals surface area contributed by atoms with Crippen LogP contribution in [0.1, 0.15) is 49.9 Å². The third-order valence-electron chi connectivity index (χ3n) is 3.79. The van der Waals surface area contributed by atoms with Crippen LogP contribution in [0.5, 0.6) is 0 Å². The number of benzene rings is 1. The molecule has 1 aromatic carbocycles. The number of hydrogen-bond acceptors (Lipinski definition) is 3. The first kappa shape index (κ1) is 22.2. The minimum Gasteiger partial charge on any atom is -0.373 e. The van der Waals surface area contributed by atoms with Crippen LogP contribution in [0.3, 0.4) is 0 Å². The van der Waals surface area contributed by atoms with Crippen molar-refractivity contribution in [1.29, 1.82) is 0 Å². The van der Waals surface area contributed by atoms with Crippen molar-refractivity contribution in [3.05, 3.63) is 28.8 Å². The molecule has 146 valence electrons. The number of nitrogens with one attached hydrogen (secondary N) is 2. The molecule has 0 fully saturated rings. The molecule has 2 amide bonds. The van der Waals surface area contributed by atoms with Crippen molar-refractivity contribution >= 4 is 29.1 Å². The van der Waals surface area contributed by atoms with E-state index in [4.69, 9.17) is 11.6 Å². The third kappa shape index (κ3) is 5.88. The zero-order chi connectivity index (χ0) is 20.0. The quantitative estimate of drug-likeness (QED) is 0.585. The Kier molecular flexibility index (Phi) is 7.89. The van der Waals surface area contributed by atoms with Gasteiger partial charge in [0.1, 0.15) is 0 Å². The second-order valence-electron chi connectivity index (χ2n) is 6.04. The molecule has 0 radical (unpaired) electrons. The van der Waals surface area contributed by atoms with Gasteiger partial charge in [-0.05, 0) is 31.5 Å². The Morgan fingerprint density at radius 2 is 1.85 bits per heavy atom. The van der Waals surface area contributed by atoms with Crippen LogP contribution >= 0.6 is 11.6 Å². The lowest BCUT2D eigenvalue weighted by molar-refractivity contribution is -0.242. The summed E-state index contributed by atoms with van der Waals surface area (Å²) in [7, 11) is 0. The van der Waals surface area contributed by atoms with Crippen LogP contribution in [0, 0.1) is 0 Å². The summed E-state index contributed by atoms with van der Waals surface area (Å²) < 4.78 is 38.1. The minimum absolute atomic E-state index is 0.0594. The normalized spacial score (nSPS) is 13.8. The van der Waals surface area contributed by atoms with E-state index in [-0.39, 0.29) is 16.3 Å². The molecule has 0 aliphatic heterocycles.